The second-order valence-corrected chi connectivity index (χ2v) is 5.89. The summed E-state index contributed by atoms with van der Waals surface area (Å²) in [5.41, 5.74) is 7.59. The lowest BCUT2D eigenvalue weighted by Crippen LogP contribution is -2.30. The van der Waals surface area contributed by atoms with Crippen molar-refractivity contribution >= 4 is 22.4 Å². The van der Waals surface area contributed by atoms with E-state index in [9.17, 15) is 10.1 Å². The predicted molar refractivity (Wildman–Crippen MR) is 74.9 cm³/mol. The van der Waals surface area contributed by atoms with E-state index in [-0.39, 0.29) is 17.2 Å². The maximum absolute atomic E-state index is 11.0. The summed E-state index contributed by atoms with van der Waals surface area (Å²) in [6.45, 7) is 1.78. The van der Waals surface area contributed by atoms with Gasteiger partial charge >= 0.3 is 5.69 Å². The summed E-state index contributed by atoms with van der Waals surface area (Å²) in [5, 5.41) is 18.5. The minimum atomic E-state index is -0.467. The van der Waals surface area contributed by atoms with Gasteiger partial charge in [0.05, 0.1) is 10.6 Å². The van der Waals surface area contributed by atoms with Crippen molar-refractivity contribution in [2.75, 3.05) is 18.0 Å². The molecule has 2 aromatic rings. The van der Waals surface area contributed by atoms with Crippen LogP contribution < -0.4 is 10.6 Å². The molecule has 8 heteroatoms. The highest BCUT2D eigenvalue weighted by Crippen LogP contribution is 2.41. The van der Waals surface area contributed by atoms with Gasteiger partial charge in [-0.05, 0) is 41.1 Å². The van der Waals surface area contributed by atoms with Crippen LogP contribution in [0.1, 0.15) is 12.8 Å². The summed E-state index contributed by atoms with van der Waals surface area (Å²) in [6, 6.07) is 3.46. The first-order valence-corrected chi connectivity index (χ1v) is 7.05. The van der Waals surface area contributed by atoms with Gasteiger partial charge in [-0.15, -0.1) is 0 Å². The minimum absolute atomic E-state index is 0.0777. The van der Waals surface area contributed by atoms with Crippen LogP contribution in [0.15, 0.2) is 16.8 Å². The van der Waals surface area contributed by atoms with E-state index >= 15 is 0 Å². The number of nitrogens with two attached hydrogens (primary N) is 1. The first-order chi connectivity index (χ1) is 10.1. The van der Waals surface area contributed by atoms with Crippen molar-refractivity contribution in [2.24, 2.45) is 17.6 Å². The summed E-state index contributed by atoms with van der Waals surface area (Å²) < 4.78 is 4.72. The number of hydrogen-bond acceptors (Lipinski definition) is 7. The molecule has 2 heterocycles. The Morgan fingerprint density at radius 3 is 2.86 bits per heavy atom. The van der Waals surface area contributed by atoms with Crippen molar-refractivity contribution in [1.29, 1.82) is 0 Å². The summed E-state index contributed by atoms with van der Waals surface area (Å²) in [5.74, 6) is 1.10. The summed E-state index contributed by atoms with van der Waals surface area (Å²) in [6.07, 6.45) is 2.24. The fourth-order valence-electron chi connectivity index (χ4n) is 3.75. The summed E-state index contributed by atoms with van der Waals surface area (Å²) in [4.78, 5) is 12.7. The van der Waals surface area contributed by atoms with Gasteiger partial charge < -0.3 is 10.6 Å². The van der Waals surface area contributed by atoms with Crippen molar-refractivity contribution in [3.8, 4) is 0 Å². The molecule has 3 atom stereocenters. The van der Waals surface area contributed by atoms with Gasteiger partial charge in [0.2, 0.25) is 5.52 Å². The molecular formula is C13H15N5O3. The lowest BCUT2D eigenvalue weighted by atomic mass is 9.98. The van der Waals surface area contributed by atoms with Crippen LogP contribution in [-0.2, 0) is 0 Å². The number of rotatable bonds is 2. The standard InChI is InChI=1S/C13H15N5O3/c14-9-2-1-7-5-17(6-8(7)9)10-3-4-11(18(19)20)13-12(10)15-21-16-13/h3-4,7-9H,1-2,5-6,14H2. The van der Waals surface area contributed by atoms with E-state index in [0.717, 1.165) is 31.6 Å². The van der Waals surface area contributed by atoms with Gasteiger partial charge in [0.15, 0.2) is 5.52 Å². The molecule has 1 aromatic heterocycles. The van der Waals surface area contributed by atoms with E-state index < -0.39 is 4.92 Å². The van der Waals surface area contributed by atoms with Gasteiger partial charge in [0.1, 0.15) is 0 Å². The number of fused-ring (bicyclic) bond motifs is 2. The number of nitro benzene ring substituents is 1. The second kappa shape index (κ2) is 4.39. The fraction of sp³-hybridized carbons (Fsp3) is 0.538. The van der Waals surface area contributed by atoms with Crippen molar-refractivity contribution in [2.45, 2.75) is 18.9 Å². The van der Waals surface area contributed by atoms with Gasteiger partial charge in [-0.3, -0.25) is 10.1 Å². The Morgan fingerprint density at radius 2 is 2.10 bits per heavy atom. The SMILES string of the molecule is NC1CCC2CN(c3ccc([N+](=O)[O-])c4nonc34)CC12. The number of non-ortho nitro benzene ring substituents is 1. The van der Waals surface area contributed by atoms with Gasteiger partial charge in [-0.25, -0.2) is 4.63 Å². The molecule has 1 aliphatic carbocycles. The van der Waals surface area contributed by atoms with Crippen LogP contribution >= 0.6 is 0 Å². The Balaban J connectivity index is 1.74. The van der Waals surface area contributed by atoms with Gasteiger partial charge in [-0.1, -0.05) is 0 Å². The Bertz CT molecular complexity index is 715. The Hall–Kier alpha value is -2.22. The first-order valence-electron chi connectivity index (χ1n) is 7.05. The molecule has 1 aliphatic heterocycles. The number of benzene rings is 1. The van der Waals surface area contributed by atoms with E-state index in [1.54, 1.807) is 6.07 Å². The highest BCUT2D eigenvalue weighted by Gasteiger charge is 2.41. The molecule has 110 valence electrons. The second-order valence-electron chi connectivity index (χ2n) is 5.89. The van der Waals surface area contributed by atoms with Crippen LogP contribution in [0.5, 0.6) is 0 Å². The molecule has 2 N–H and O–H groups in total. The molecule has 0 bridgehead atoms. The van der Waals surface area contributed by atoms with Crippen LogP contribution in [0.3, 0.4) is 0 Å². The van der Waals surface area contributed by atoms with Gasteiger partial charge in [0, 0.05) is 25.2 Å². The molecular weight excluding hydrogens is 274 g/mol. The van der Waals surface area contributed by atoms with Crippen LogP contribution in [-0.4, -0.2) is 34.4 Å². The van der Waals surface area contributed by atoms with Crippen LogP contribution in [0.2, 0.25) is 0 Å². The van der Waals surface area contributed by atoms with Crippen molar-refractivity contribution < 1.29 is 9.55 Å². The molecule has 1 saturated heterocycles. The minimum Gasteiger partial charge on any atom is -0.369 e. The maximum atomic E-state index is 11.0. The van der Waals surface area contributed by atoms with E-state index in [2.05, 4.69) is 15.2 Å². The van der Waals surface area contributed by atoms with E-state index in [1.165, 1.54) is 6.07 Å². The number of anilines is 1. The fourth-order valence-corrected chi connectivity index (χ4v) is 3.75. The Kier molecular flexibility index (Phi) is 2.61. The molecule has 0 spiro atoms. The molecule has 2 aliphatic rings. The monoisotopic (exact) mass is 289 g/mol. The lowest BCUT2D eigenvalue weighted by Gasteiger charge is -2.20. The van der Waals surface area contributed by atoms with Gasteiger partial charge in [-0.2, -0.15) is 0 Å². The summed E-state index contributed by atoms with van der Waals surface area (Å²) >= 11 is 0. The zero-order valence-corrected chi connectivity index (χ0v) is 11.3. The van der Waals surface area contributed by atoms with Gasteiger partial charge in [0.25, 0.3) is 0 Å². The molecule has 3 unspecified atom stereocenters. The average Bonchev–Trinajstić information content (AvgIpc) is 3.15. The van der Waals surface area contributed by atoms with Crippen molar-refractivity contribution in [3.05, 3.63) is 22.2 Å². The zero-order valence-electron chi connectivity index (χ0n) is 11.3. The van der Waals surface area contributed by atoms with Crippen molar-refractivity contribution in [1.82, 2.24) is 10.3 Å². The van der Waals surface area contributed by atoms with Crippen LogP contribution in [0.4, 0.5) is 11.4 Å². The first kappa shape index (κ1) is 12.5. The molecule has 1 saturated carbocycles. The quantitative estimate of drug-likeness (QED) is 0.655. The van der Waals surface area contributed by atoms with Crippen LogP contribution in [0.25, 0.3) is 11.0 Å². The zero-order chi connectivity index (χ0) is 14.6. The van der Waals surface area contributed by atoms with E-state index in [1.807, 2.05) is 0 Å². The number of nitro groups is 1. The Labute approximate surface area is 120 Å². The van der Waals surface area contributed by atoms with Crippen LogP contribution in [0, 0.1) is 22.0 Å². The molecule has 0 amide bonds. The molecule has 0 radical (unpaired) electrons. The largest absolute Gasteiger partial charge is 0.369 e. The number of aromatic nitrogens is 2. The normalized spacial score (nSPS) is 28.2. The maximum Gasteiger partial charge on any atom is 0.300 e. The third-order valence-electron chi connectivity index (χ3n) is 4.82. The Morgan fingerprint density at radius 1 is 1.29 bits per heavy atom. The predicted octanol–water partition coefficient (Wildman–Crippen LogP) is 1.30. The third kappa shape index (κ3) is 1.79. The number of hydrogen-bond donors (Lipinski definition) is 1. The molecule has 21 heavy (non-hydrogen) atoms. The molecule has 2 fully saturated rings. The third-order valence-corrected chi connectivity index (χ3v) is 4.82. The summed E-state index contributed by atoms with van der Waals surface area (Å²) in [7, 11) is 0. The topological polar surface area (TPSA) is 111 Å². The highest BCUT2D eigenvalue weighted by atomic mass is 16.6. The lowest BCUT2D eigenvalue weighted by molar-refractivity contribution is -0.383. The highest BCUT2D eigenvalue weighted by molar-refractivity contribution is 5.93. The van der Waals surface area contributed by atoms with E-state index in [4.69, 9.17) is 10.4 Å². The molecule has 4 rings (SSSR count). The smallest absolute Gasteiger partial charge is 0.300 e. The molecule has 8 nitrogen and oxygen atoms in total. The molecule has 1 aromatic carbocycles. The van der Waals surface area contributed by atoms with E-state index in [0.29, 0.717) is 17.4 Å². The van der Waals surface area contributed by atoms with Crippen molar-refractivity contribution in [3.63, 3.8) is 0 Å². The number of nitrogens with zero attached hydrogens (tertiary/aromatic N) is 4. The average molecular weight is 289 g/mol.